The Hall–Kier alpha value is -1.26. The van der Waals surface area contributed by atoms with Crippen LogP contribution >= 0.6 is 0 Å². The van der Waals surface area contributed by atoms with Crippen molar-refractivity contribution in [2.45, 2.75) is 65.0 Å². The highest BCUT2D eigenvalue weighted by Gasteiger charge is 2.18. The predicted molar refractivity (Wildman–Crippen MR) is 67.0 cm³/mol. The molecular formula is C12H24N2O3. The van der Waals surface area contributed by atoms with Crippen molar-refractivity contribution in [3.05, 3.63) is 0 Å². The molecule has 0 aliphatic carbocycles. The van der Waals surface area contributed by atoms with Gasteiger partial charge >= 0.3 is 12.0 Å². The number of carboxylic acid groups (broad SMARTS) is 1. The van der Waals surface area contributed by atoms with Crippen LogP contribution in [-0.2, 0) is 4.79 Å². The molecule has 0 saturated carbocycles. The van der Waals surface area contributed by atoms with E-state index in [0.29, 0.717) is 6.42 Å². The highest BCUT2D eigenvalue weighted by atomic mass is 16.4. The van der Waals surface area contributed by atoms with E-state index in [1.807, 2.05) is 6.92 Å². The second kappa shape index (κ2) is 8.84. The van der Waals surface area contributed by atoms with Crippen molar-refractivity contribution >= 4 is 12.0 Å². The zero-order chi connectivity index (χ0) is 13.3. The summed E-state index contributed by atoms with van der Waals surface area (Å²) in [6.45, 7) is 5.78. The van der Waals surface area contributed by atoms with Crippen LogP contribution in [0.2, 0.25) is 0 Å². The average Bonchev–Trinajstić information content (AvgIpc) is 2.25. The first-order chi connectivity index (χ1) is 8.01. The maximum absolute atomic E-state index is 11.5. The van der Waals surface area contributed by atoms with E-state index in [9.17, 15) is 9.59 Å². The van der Waals surface area contributed by atoms with E-state index in [0.717, 1.165) is 25.7 Å². The van der Waals surface area contributed by atoms with E-state index in [-0.39, 0.29) is 6.04 Å². The lowest BCUT2D eigenvalue weighted by Gasteiger charge is -2.17. The van der Waals surface area contributed by atoms with Crippen LogP contribution in [0.15, 0.2) is 0 Å². The normalized spacial score (nSPS) is 13.8. The number of rotatable bonds is 8. The van der Waals surface area contributed by atoms with Gasteiger partial charge in [0.05, 0.1) is 0 Å². The Labute approximate surface area is 103 Å². The number of carbonyl (C=O) groups excluding carboxylic acids is 1. The van der Waals surface area contributed by atoms with Crippen molar-refractivity contribution in [3.8, 4) is 0 Å². The van der Waals surface area contributed by atoms with E-state index in [2.05, 4.69) is 17.6 Å². The van der Waals surface area contributed by atoms with E-state index < -0.39 is 18.0 Å². The lowest BCUT2D eigenvalue weighted by Crippen LogP contribution is -2.48. The van der Waals surface area contributed by atoms with Gasteiger partial charge in [-0.3, -0.25) is 0 Å². The largest absolute Gasteiger partial charge is 0.480 e. The molecule has 0 aromatic rings. The monoisotopic (exact) mass is 244 g/mol. The Morgan fingerprint density at radius 2 is 1.82 bits per heavy atom. The summed E-state index contributed by atoms with van der Waals surface area (Å²) in [6.07, 6.45) is 4.68. The first-order valence-corrected chi connectivity index (χ1v) is 6.31. The van der Waals surface area contributed by atoms with Crippen LogP contribution in [-0.4, -0.2) is 29.2 Å². The van der Waals surface area contributed by atoms with Crippen LogP contribution < -0.4 is 10.6 Å². The van der Waals surface area contributed by atoms with Crippen molar-refractivity contribution in [3.63, 3.8) is 0 Å². The van der Waals surface area contributed by atoms with Crippen molar-refractivity contribution < 1.29 is 14.7 Å². The summed E-state index contributed by atoms with van der Waals surface area (Å²) in [6, 6.07) is -1.13. The number of hydrogen-bond donors (Lipinski definition) is 3. The Morgan fingerprint density at radius 3 is 2.29 bits per heavy atom. The summed E-state index contributed by atoms with van der Waals surface area (Å²) in [5.74, 6) is -0.999. The van der Waals surface area contributed by atoms with E-state index in [1.165, 1.54) is 0 Å². The van der Waals surface area contributed by atoms with Crippen molar-refractivity contribution in [2.75, 3.05) is 0 Å². The third kappa shape index (κ3) is 7.60. The van der Waals surface area contributed by atoms with Crippen LogP contribution in [0, 0.1) is 0 Å². The summed E-state index contributed by atoms with van der Waals surface area (Å²) in [7, 11) is 0. The lowest BCUT2D eigenvalue weighted by molar-refractivity contribution is -0.139. The maximum Gasteiger partial charge on any atom is 0.326 e. The molecule has 0 spiro atoms. The molecule has 2 amide bonds. The van der Waals surface area contributed by atoms with Gasteiger partial charge in [-0.1, -0.05) is 33.1 Å². The first-order valence-electron chi connectivity index (χ1n) is 6.31. The molecule has 5 nitrogen and oxygen atoms in total. The molecule has 1 unspecified atom stereocenters. The van der Waals surface area contributed by atoms with Crippen LogP contribution in [0.5, 0.6) is 0 Å². The number of carbonyl (C=O) groups is 2. The SMILES string of the molecule is CCCCCC(C)NC(=O)N[C@@H](CC)C(=O)O. The molecule has 0 heterocycles. The van der Waals surface area contributed by atoms with Crippen LogP contribution in [0.25, 0.3) is 0 Å². The molecule has 0 fully saturated rings. The molecule has 5 heteroatoms. The molecule has 0 aromatic carbocycles. The molecule has 0 saturated heterocycles. The highest BCUT2D eigenvalue weighted by molar-refractivity contribution is 5.82. The quantitative estimate of drug-likeness (QED) is 0.572. The number of unbranched alkanes of at least 4 members (excludes halogenated alkanes) is 2. The number of carboxylic acids is 1. The molecule has 3 N–H and O–H groups in total. The third-order valence-corrected chi connectivity index (χ3v) is 2.63. The fourth-order valence-electron chi connectivity index (χ4n) is 1.53. The fraction of sp³-hybridized carbons (Fsp3) is 0.833. The van der Waals surface area contributed by atoms with Crippen LogP contribution in [0.1, 0.15) is 52.9 Å². The zero-order valence-electron chi connectivity index (χ0n) is 11.0. The molecule has 0 radical (unpaired) electrons. The topological polar surface area (TPSA) is 78.4 Å². The number of amides is 2. The Balaban J connectivity index is 3.87. The van der Waals surface area contributed by atoms with Gasteiger partial charge in [0, 0.05) is 6.04 Å². The molecule has 2 atom stereocenters. The summed E-state index contributed by atoms with van der Waals surface area (Å²) in [5.41, 5.74) is 0. The number of hydrogen-bond acceptors (Lipinski definition) is 2. The molecule has 0 aromatic heterocycles. The minimum absolute atomic E-state index is 0.0767. The summed E-state index contributed by atoms with van der Waals surface area (Å²) >= 11 is 0. The minimum atomic E-state index is -0.999. The molecular weight excluding hydrogens is 220 g/mol. The van der Waals surface area contributed by atoms with E-state index in [1.54, 1.807) is 6.92 Å². The second-order valence-electron chi connectivity index (χ2n) is 4.31. The molecule has 17 heavy (non-hydrogen) atoms. The van der Waals surface area contributed by atoms with Gasteiger partial charge in [0.25, 0.3) is 0 Å². The zero-order valence-corrected chi connectivity index (χ0v) is 11.0. The van der Waals surface area contributed by atoms with Crippen LogP contribution in [0.4, 0.5) is 4.79 Å². The predicted octanol–water partition coefficient (Wildman–Crippen LogP) is 2.12. The van der Waals surface area contributed by atoms with Gasteiger partial charge in [0.15, 0.2) is 0 Å². The van der Waals surface area contributed by atoms with Gasteiger partial charge in [-0.15, -0.1) is 0 Å². The molecule has 0 bridgehead atoms. The molecule has 0 aliphatic rings. The third-order valence-electron chi connectivity index (χ3n) is 2.63. The standard InChI is InChI=1S/C12H24N2O3/c1-4-6-7-8-9(3)13-12(17)14-10(5-2)11(15)16/h9-10H,4-8H2,1-3H3,(H,15,16)(H2,13,14,17)/t9?,10-/m0/s1. The number of nitrogens with one attached hydrogen (secondary N) is 2. The average molecular weight is 244 g/mol. The molecule has 0 aliphatic heterocycles. The minimum Gasteiger partial charge on any atom is -0.480 e. The number of aliphatic carboxylic acids is 1. The van der Waals surface area contributed by atoms with Gasteiger partial charge in [-0.2, -0.15) is 0 Å². The van der Waals surface area contributed by atoms with Crippen LogP contribution in [0.3, 0.4) is 0 Å². The smallest absolute Gasteiger partial charge is 0.326 e. The van der Waals surface area contributed by atoms with Gasteiger partial charge in [0.2, 0.25) is 0 Å². The lowest BCUT2D eigenvalue weighted by atomic mass is 10.1. The summed E-state index contributed by atoms with van der Waals surface area (Å²) in [4.78, 5) is 22.2. The van der Waals surface area contributed by atoms with Gasteiger partial charge in [0.1, 0.15) is 6.04 Å². The summed E-state index contributed by atoms with van der Waals surface area (Å²) < 4.78 is 0. The second-order valence-corrected chi connectivity index (χ2v) is 4.31. The Morgan fingerprint density at radius 1 is 1.18 bits per heavy atom. The molecule has 100 valence electrons. The molecule has 0 rings (SSSR count). The Kier molecular flexibility index (Phi) is 8.19. The van der Waals surface area contributed by atoms with Gasteiger partial charge < -0.3 is 15.7 Å². The van der Waals surface area contributed by atoms with Crippen molar-refractivity contribution in [2.24, 2.45) is 0 Å². The fourth-order valence-corrected chi connectivity index (χ4v) is 1.53. The van der Waals surface area contributed by atoms with Crippen molar-refractivity contribution in [1.82, 2.24) is 10.6 Å². The van der Waals surface area contributed by atoms with E-state index >= 15 is 0 Å². The Bertz CT molecular complexity index is 244. The maximum atomic E-state index is 11.5. The van der Waals surface area contributed by atoms with Gasteiger partial charge in [-0.05, 0) is 19.8 Å². The number of urea groups is 1. The van der Waals surface area contributed by atoms with Gasteiger partial charge in [-0.25, -0.2) is 9.59 Å². The first kappa shape index (κ1) is 15.7. The highest BCUT2D eigenvalue weighted by Crippen LogP contribution is 2.02. The summed E-state index contributed by atoms with van der Waals surface area (Å²) in [5, 5.41) is 14.0. The van der Waals surface area contributed by atoms with E-state index in [4.69, 9.17) is 5.11 Å². The van der Waals surface area contributed by atoms with Crippen molar-refractivity contribution in [1.29, 1.82) is 0 Å².